The number of hydrogen-bond donors (Lipinski definition) is 0. The van der Waals surface area contributed by atoms with E-state index in [-0.39, 0.29) is 5.92 Å². The third-order valence-electron chi connectivity index (χ3n) is 3.52. The van der Waals surface area contributed by atoms with Gasteiger partial charge >= 0.3 is 0 Å². The zero-order valence-corrected chi connectivity index (χ0v) is 12.2. The molecule has 0 saturated heterocycles. The lowest BCUT2D eigenvalue weighted by atomic mass is 9.94. The summed E-state index contributed by atoms with van der Waals surface area (Å²) in [6.07, 6.45) is 8.61. The summed E-state index contributed by atoms with van der Waals surface area (Å²) in [5, 5.41) is 9.27. The van der Waals surface area contributed by atoms with Gasteiger partial charge in [-0.2, -0.15) is 5.26 Å². The quantitative estimate of drug-likeness (QED) is 0.581. The van der Waals surface area contributed by atoms with Crippen LogP contribution >= 0.6 is 0 Å². The molecule has 0 unspecified atom stereocenters. The fourth-order valence-electron chi connectivity index (χ4n) is 2.27. The molecule has 0 amide bonds. The predicted molar refractivity (Wildman–Crippen MR) is 79.3 cm³/mol. The van der Waals surface area contributed by atoms with Crippen molar-refractivity contribution < 1.29 is 4.74 Å². The Balaban J connectivity index is 2.34. The van der Waals surface area contributed by atoms with Crippen molar-refractivity contribution >= 4 is 0 Å². The van der Waals surface area contributed by atoms with Crippen LogP contribution in [0, 0.1) is 11.3 Å². The summed E-state index contributed by atoms with van der Waals surface area (Å²) in [5.41, 5.74) is 1.11. The molecule has 0 bridgehead atoms. The van der Waals surface area contributed by atoms with E-state index < -0.39 is 0 Å². The van der Waals surface area contributed by atoms with E-state index in [1.165, 1.54) is 32.1 Å². The van der Waals surface area contributed by atoms with E-state index in [1.807, 2.05) is 24.3 Å². The number of unbranched alkanes of at least 4 members (excludes halogenated alkanes) is 5. The van der Waals surface area contributed by atoms with Crippen LogP contribution in [0.1, 0.15) is 63.4 Å². The zero-order chi connectivity index (χ0) is 13.9. The third-order valence-corrected chi connectivity index (χ3v) is 3.52. The average molecular weight is 259 g/mol. The molecule has 0 heterocycles. The van der Waals surface area contributed by atoms with Gasteiger partial charge in [0.15, 0.2) is 0 Å². The summed E-state index contributed by atoms with van der Waals surface area (Å²) in [6.45, 7) is 2.23. The van der Waals surface area contributed by atoms with Gasteiger partial charge in [-0.05, 0) is 24.1 Å². The molecule has 1 rings (SSSR count). The van der Waals surface area contributed by atoms with Gasteiger partial charge in [-0.3, -0.25) is 0 Å². The summed E-state index contributed by atoms with van der Waals surface area (Å²) in [5.74, 6) is 0.872. The van der Waals surface area contributed by atoms with E-state index in [0.29, 0.717) is 0 Å². The van der Waals surface area contributed by atoms with Crippen LogP contribution < -0.4 is 4.74 Å². The molecule has 104 valence electrons. The highest BCUT2D eigenvalue weighted by Gasteiger charge is 2.10. The van der Waals surface area contributed by atoms with Gasteiger partial charge in [-0.25, -0.2) is 0 Å². The summed E-state index contributed by atoms with van der Waals surface area (Å²) >= 11 is 0. The van der Waals surface area contributed by atoms with Crippen LogP contribution in [-0.4, -0.2) is 7.11 Å². The first-order valence-electron chi connectivity index (χ1n) is 7.35. The number of benzene rings is 1. The lowest BCUT2D eigenvalue weighted by molar-refractivity contribution is 0.414. The van der Waals surface area contributed by atoms with Gasteiger partial charge < -0.3 is 4.74 Å². The molecule has 1 aromatic carbocycles. The minimum absolute atomic E-state index is 0.0251. The molecule has 2 heteroatoms. The first-order valence-corrected chi connectivity index (χ1v) is 7.35. The summed E-state index contributed by atoms with van der Waals surface area (Å²) in [7, 11) is 1.66. The van der Waals surface area contributed by atoms with E-state index in [9.17, 15) is 5.26 Å². The van der Waals surface area contributed by atoms with Crippen molar-refractivity contribution in [2.24, 2.45) is 0 Å². The van der Waals surface area contributed by atoms with Gasteiger partial charge in [0.05, 0.1) is 19.1 Å². The van der Waals surface area contributed by atoms with Crippen molar-refractivity contribution in [2.75, 3.05) is 7.11 Å². The molecule has 2 nitrogen and oxygen atoms in total. The summed E-state index contributed by atoms with van der Waals surface area (Å²) in [6, 6.07) is 10.3. The fraction of sp³-hybridized carbons (Fsp3) is 0.588. The molecule has 0 aliphatic carbocycles. The second-order valence-corrected chi connectivity index (χ2v) is 5.01. The number of nitrogens with zero attached hydrogens (tertiary/aromatic N) is 1. The maximum Gasteiger partial charge on any atom is 0.118 e. The van der Waals surface area contributed by atoms with E-state index in [4.69, 9.17) is 4.74 Å². The van der Waals surface area contributed by atoms with Crippen molar-refractivity contribution in [1.82, 2.24) is 0 Å². The maximum absolute atomic E-state index is 9.27. The highest BCUT2D eigenvalue weighted by atomic mass is 16.5. The van der Waals surface area contributed by atoms with E-state index in [2.05, 4.69) is 13.0 Å². The Labute approximate surface area is 117 Å². The Hall–Kier alpha value is -1.49. The maximum atomic E-state index is 9.27. The van der Waals surface area contributed by atoms with Gasteiger partial charge in [-0.15, -0.1) is 0 Å². The Morgan fingerprint density at radius 1 is 1.05 bits per heavy atom. The highest BCUT2D eigenvalue weighted by Crippen LogP contribution is 2.24. The largest absolute Gasteiger partial charge is 0.497 e. The van der Waals surface area contributed by atoms with Crippen LogP contribution in [0.5, 0.6) is 5.75 Å². The highest BCUT2D eigenvalue weighted by molar-refractivity contribution is 5.31. The molecule has 0 saturated carbocycles. The molecule has 0 spiro atoms. The Kier molecular flexibility index (Phi) is 7.74. The molecule has 0 aliphatic rings. The molecular weight excluding hydrogens is 234 g/mol. The third kappa shape index (κ3) is 5.79. The van der Waals surface area contributed by atoms with Crippen molar-refractivity contribution in [2.45, 2.75) is 57.8 Å². The second kappa shape index (κ2) is 9.44. The van der Waals surface area contributed by atoms with Crippen LogP contribution in [0.15, 0.2) is 24.3 Å². The molecule has 0 radical (unpaired) electrons. The van der Waals surface area contributed by atoms with Crippen LogP contribution in [0.2, 0.25) is 0 Å². The van der Waals surface area contributed by atoms with Crippen molar-refractivity contribution in [3.05, 3.63) is 29.8 Å². The first kappa shape index (κ1) is 15.6. The number of nitriles is 1. The second-order valence-electron chi connectivity index (χ2n) is 5.01. The van der Waals surface area contributed by atoms with Crippen molar-refractivity contribution in [3.8, 4) is 11.8 Å². The molecule has 19 heavy (non-hydrogen) atoms. The van der Waals surface area contributed by atoms with Crippen LogP contribution in [0.3, 0.4) is 0 Å². The standard InChI is InChI=1S/C17H25NO/c1-3-4-5-6-7-8-9-16(14-18)15-10-12-17(19-2)13-11-15/h10-13,16H,3-9H2,1-2H3/t16-/m1/s1. The van der Waals surface area contributed by atoms with Gasteiger partial charge in [0.1, 0.15) is 5.75 Å². The van der Waals surface area contributed by atoms with Gasteiger partial charge in [-0.1, -0.05) is 57.6 Å². The zero-order valence-electron chi connectivity index (χ0n) is 12.2. The molecule has 1 aromatic rings. The van der Waals surface area contributed by atoms with Crippen LogP contribution in [0.4, 0.5) is 0 Å². The van der Waals surface area contributed by atoms with Crippen molar-refractivity contribution in [3.63, 3.8) is 0 Å². The first-order chi connectivity index (χ1) is 9.31. The van der Waals surface area contributed by atoms with E-state index in [0.717, 1.165) is 24.2 Å². The lowest BCUT2D eigenvalue weighted by Crippen LogP contribution is -1.96. The molecule has 1 atom stereocenters. The predicted octanol–water partition coefficient (Wildman–Crippen LogP) is 5.05. The molecular formula is C17H25NO. The Morgan fingerprint density at radius 3 is 2.26 bits per heavy atom. The minimum atomic E-state index is 0.0251. The van der Waals surface area contributed by atoms with Gasteiger partial charge in [0.25, 0.3) is 0 Å². The van der Waals surface area contributed by atoms with E-state index in [1.54, 1.807) is 7.11 Å². The number of methoxy groups -OCH3 is 1. The Bertz CT molecular complexity index is 377. The van der Waals surface area contributed by atoms with Crippen LogP contribution in [-0.2, 0) is 0 Å². The number of rotatable bonds is 9. The number of ether oxygens (including phenoxy) is 1. The SMILES string of the molecule is CCCCCCCC[C@H](C#N)c1ccc(OC)cc1. The average Bonchev–Trinajstić information content (AvgIpc) is 2.47. The summed E-state index contributed by atoms with van der Waals surface area (Å²) < 4.78 is 5.14. The number of hydrogen-bond acceptors (Lipinski definition) is 2. The van der Waals surface area contributed by atoms with Gasteiger partial charge in [0.2, 0.25) is 0 Å². The monoisotopic (exact) mass is 259 g/mol. The normalized spacial score (nSPS) is 11.8. The van der Waals surface area contributed by atoms with E-state index >= 15 is 0 Å². The molecule has 0 N–H and O–H groups in total. The topological polar surface area (TPSA) is 33.0 Å². The fourth-order valence-corrected chi connectivity index (χ4v) is 2.27. The van der Waals surface area contributed by atoms with Crippen LogP contribution in [0.25, 0.3) is 0 Å². The Morgan fingerprint density at radius 2 is 1.68 bits per heavy atom. The molecule has 0 aromatic heterocycles. The smallest absolute Gasteiger partial charge is 0.118 e. The van der Waals surface area contributed by atoms with Gasteiger partial charge in [0, 0.05) is 0 Å². The molecule has 0 aliphatic heterocycles. The molecule has 0 fully saturated rings. The minimum Gasteiger partial charge on any atom is -0.497 e. The summed E-state index contributed by atoms with van der Waals surface area (Å²) in [4.78, 5) is 0. The lowest BCUT2D eigenvalue weighted by Gasteiger charge is -2.10. The van der Waals surface area contributed by atoms with Crippen molar-refractivity contribution in [1.29, 1.82) is 5.26 Å².